The SMILES string of the molecule is CCC(C)(C)C(=O)C(=O)N1CCCC[C@H]1C(=O)OC(CCN)CCCc1ccccc1. The quantitative estimate of drug-likeness (QED) is 0.427. The molecule has 1 aliphatic heterocycles. The molecule has 0 spiro atoms. The van der Waals surface area contributed by atoms with Crippen LogP contribution >= 0.6 is 0 Å². The molecule has 1 unspecified atom stereocenters. The Bertz CT molecular complexity index is 732. The molecular formula is C25H38N2O4. The predicted octanol–water partition coefficient (Wildman–Crippen LogP) is 3.66. The number of aryl methyl sites for hydroxylation is 1. The second-order valence-corrected chi connectivity index (χ2v) is 9.09. The first-order chi connectivity index (χ1) is 14.8. The second-order valence-electron chi connectivity index (χ2n) is 9.09. The van der Waals surface area contributed by atoms with Crippen LogP contribution in [0.3, 0.4) is 0 Å². The molecule has 1 aromatic carbocycles. The molecule has 0 radical (unpaired) electrons. The summed E-state index contributed by atoms with van der Waals surface area (Å²) in [5, 5.41) is 0. The number of ketones is 1. The van der Waals surface area contributed by atoms with E-state index in [-0.39, 0.29) is 6.10 Å². The van der Waals surface area contributed by atoms with E-state index >= 15 is 0 Å². The number of Topliss-reactive ketones (excluding diaryl/α,β-unsaturated/α-hetero) is 1. The number of piperidine rings is 1. The molecule has 2 rings (SSSR count). The fraction of sp³-hybridized carbons (Fsp3) is 0.640. The van der Waals surface area contributed by atoms with Crippen LogP contribution in [0.15, 0.2) is 30.3 Å². The topological polar surface area (TPSA) is 89.7 Å². The molecule has 1 fully saturated rings. The third-order valence-corrected chi connectivity index (χ3v) is 6.33. The van der Waals surface area contributed by atoms with E-state index in [1.54, 1.807) is 13.8 Å². The van der Waals surface area contributed by atoms with Crippen LogP contribution in [-0.2, 0) is 25.5 Å². The summed E-state index contributed by atoms with van der Waals surface area (Å²) in [6.07, 6.45) is 5.56. The molecule has 1 amide bonds. The molecule has 1 saturated heterocycles. The van der Waals surface area contributed by atoms with Gasteiger partial charge in [0, 0.05) is 12.0 Å². The Morgan fingerprint density at radius 1 is 1.16 bits per heavy atom. The number of nitrogens with two attached hydrogens (primary N) is 1. The monoisotopic (exact) mass is 430 g/mol. The minimum atomic E-state index is -0.734. The highest BCUT2D eigenvalue weighted by atomic mass is 16.5. The molecule has 1 aromatic rings. The lowest BCUT2D eigenvalue weighted by Crippen LogP contribution is -2.53. The Kier molecular flexibility index (Phi) is 9.69. The van der Waals surface area contributed by atoms with Crippen LogP contribution in [-0.4, -0.2) is 47.8 Å². The highest BCUT2D eigenvalue weighted by molar-refractivity contribution is 6.38. The van der Waals surface area contributed by atoms with Gasteiger partial charge < -0.3 is 15.4 Å². The van der Waals surface area contributed by atoms with Gasteiger partial charge in [0.15, 0.2) is 0 Å². The molecule has 2 N–H and O–H groups in total. The van der Waals surface area contributed by atoms with Crippen molar-refractivity contribution in [1.29, 1.82) is 0 Å². The van der Waals surface area contributed by atoms with Crippen molar-refractivity contribution in [3.63, 3.8) is 0 Å². The summed E-state index contributed by atoms with van der Waals surface area (Å²) < 4.78 is 5.82. The summed E-state index contributed by atoms with van der Waals surface area (Å²) in [5.74, 6) is -1.41. The molecule has 0 aromatic heterocycles. The maximum absolute atomic E-state index is 13.0. The lowest BCUT2D eigenvalue weighted by atomic mass is 9.84. The van der Waals surface area contributed by atoms with Gasteiger partial charge >= 0.3 is 5.97 Å². The molecule has 6 nitrogen and oxygen atoms in total. The van der Waals surface area contributed by atoms with Crippen LogP contribution in [0.4, 0.5) is 0 Å². The number of benzene rings is 1. The van der Waals surface area contributed by atoms with Crippen molar-refractivity contribution in [2.24, 2.45) is 11.1 Å². The average molecular weight is 431 g/mol. The molecule has 0 bridgehead atoms. The number of likely N-dealkylation sites (tertiary alicyclic amines) is 1. The third kappa shape index (κ3) is 7.17. The van der Waals surface area contributed by atoms with E-state index in [0.29, 0.717) is 32.4 Å². The third-order valence-electron chi connectivity index (χ3n) is 6.33. The normalized spacial score (nSPS) is 17.8. The van der Waals surface area contributed by atoms with Crippen molar-refractivity contribution < 1.29 is 19.1 Å². The van der Waals surface area contributed by atoms with Gasteiger partial charge in [-0.1, -0.05) is 51.1 Å². The van der Waals surface area contributed by atoms with Crippen LogP contribution in [0.1, 0.15) is 71.3 Å². The van der Waals surface area contributed by atoms with Crippen LogP contribution in [0.25, 0.3) is 0 Å². The molecular weight excluding hydrogens is 392 g/mol. The van der Waals surface area contributed by atoms with Gasteiger partial charge in [-0.2, -0.15) is 0 Å². The van der Waals surface area contributed by atoms with Gasteiger partial charge in [0.1, 0.15) is 12.1 Å². The standard InChI is InChI=1S/C25H38N2O4/c1-4-25(2,3)22(28)23(29)27-18-9-8-15-21(27)24(30)31-20(16-17-26)14-10-13-19-11-6-5-7-12-19/h5-7,11-12,20-21H,4,8-10,13-18,26H2,1-3H3/t20?,21-/m0/s1. The van der Waals surface area contributed by atoms with Gasteiger partial charge in [-0.25, -0.2) is 4.79 Å². The number of carbonyl (C=O) groups is 3. The fourth-order valence-corrected chi connectivity index (χ4v) is 3.87. The summed E-state index contributed by atoms with van der Waals surface area (Å²) in [5.41, 5.74) is 6.26. The fourth-order valence-electron chi connectivity index (χ4n) is 3.87. The van der Waals surface area contributed by atoms with Crippen molar-refractivity contribution in [2.45, 2.75) is 84.3 Å². The number of ether oxygens (including phenoxy) is 1. The zero-order valence-electron chi connectivity index (χ0n) is 19.3. The van der Waals surface area contributed by atoms with Crippen molar-refractivity contribution in [3.05, 3.63) is 35.9 Å². The van der Waals surface area contributed by atoms with Gasteiger partial charge in [0.25, 0.3) is 5.91 Å². The zero-order chi connectivity index (χ0) is 22.9. The van der Waals surface area contributed by atoms with E-state index in [1.807, 2.05) is 25.1 Å². The number of amides is 1. The first kappa shape index (κ1) is 25.1. The van der Waals surface area contributed by atoms with Gasteiger partial charge in [-0.05, 0) is 63.5 Å². The van der Waals surface area contributed by atoms with Crippen molar-refractivity contribution in [2.75, 3.05) is 13.1 Å². The predicted molar refractivity (Wildman–Crippen MR) is 121 cm³/mol. The lowest BCUT2D eigenvalue weighted by Gasteiger charge is -2.36. The Morgan fingerprint density at radius 2 is 1.87 bits per heavy atom. The first-order valence-corrected chi connectivity index (χ1v) is 11.6. The Labute approximate surface area is 186 Å². The highest BCUT2D eigenvalue weighted by Gasteiger charge is 2.40. The molecule has 6 heteroatoms. The van der Waals surface area contributed by atoms with Gasteiger partial charge in [0.2, 0.25) is 5.78 Å². The Balaban J connectivity index is 1.99. The largest absolute Gasteiger partial charge is 0.461 e. The second kappa shape index (κ2) is 12.0. The van der Waals surface area contributed by atoms with Crippen LogP contribution in [0.5, 0.6) is 0 Å². The minimum absolute atomic E-state index is 0.275. The zero-order valence-corrected chi connectivity index (χ0v) is 19.3. The van der Waals surface area contributed by atoms with E-state index in [9.17, 15) is 14.4 Å². The molecule has 31 heavy (non-hydrogen) atoms. The van der Waals surface area contributed by atoms with Gasteiger partial charge in [0.05, 0.1) is 0 Å². The number of nitrogens with zero attached hydrogens (tertiary/aromatic N) is 1. The molecule has 0 aliphatic carbocycles. The average Bonchev–Trinajstić information content (AvgIpc) is 2.78. The highest BCUT2D eigenvalue weighted by Crippen LogP contribution is 2.26. The maximum atomic E-state index is 13.0. The number of hydrogen-bond donors (Lipinski definition) is 1. The molecule has 1 aliphatic rings. The maximum Gasteiger partial charge on any atom is 0.329 e. The molecule has 1 heterocycles. The number of hydrogen-bond acceptors (Lipinski definition) is 5. The van der Waals surface area contributed by atoms with Gasteiger partial charge in [-0.15, -0.1) is 0 Å². The molecule has 172 valence electrons. The number of carbonyl (C=O) groups excluding carboxylic acids is 3. The van der Waals surface area contributed by atoms with Gasteiger partial charge in [-0.3, -0.25) is 9.59 Å². The lowest BCUT2D eigenvalue weighted by molar-refractivity contribution is -0.164. The van der Waals surface area contributed by atoms with E-state index in [4.69, 9.17) is 10.5 Å². The van der Waals surface area contributed by atoms with Crippen molar-refractivity contribution in [1.82, 2.24) is 4.90 Å². The Morgan fingerprint density at radius 3 is 2.52 bits per heavy atom. The summed E-state index contributed by atoms with van der Waals surface area (Å²) in [4.78, 5) is 40.1. The summed E-state index contributed by atoms with van der Waals surface area (Å²) in [6.45, 7) is 6.28. The summed E-state index contributed by atoms with van der Waals surface area (Å²) in [6, 6.07) is 9.51. The summed E-state index contributed by atoms with van der Waals surface area (Å²) >= 11 is 0. The van der Waals surface area contributed by atoms with Crippen LogP contribution in [0, 0.1) is 5.41 Å². The smallest absolute Gasteiger partial charge is 0.329 e. The van der Waals surface area contributed by atoms with Crippen molar-refractivity contribution >= 4 is 17.7 Å². The van der Waals surface area contributed by atoms with Crippen LogP contribution in [0.2, 0.25) is 0 Å². The summed E-state index contributed by atoms with van der Waals surface area (Å²) in [7, 11) is 0. The Hall–Kier alpha value is -2.21. The van der Waals surface area contributed by atoms with Crippen molar-refractivity contribution in [3.8, 4) is 0 Å². The van der Waals surface area contributed by atoms with E-state index in [0.717, 1.165) is 32.1 Å². The number of esters is 1. The molecule has 0 saturated carbocycles. The minimum Gasteiger partial charge on any atom is -0.461 e. The first-order valence-electron chi connectivity index (χ1n) is 11.6. The van der Waals surface area contributed by atoms with Crippen LogP contribution < -0.4 is 5.73 Å². The van der Waals surface area contributed by atoms with E-state index in [2.05, 4.69) is 12.1 Å². The molecule has 2 atom stereocenters. The van der Waals surface area contributed by atoms with E-state index < -0.39 is 29.1 Å². The van der Waals surface area contributed by atoms with E-state index in [1.165, 1.54) is 10.5 Å². The number of rotatable bonds is 11.